The van der Waals surface area contributed by atoms with E-state index in [-0.39, 0.29) is 5.91 Å². The topological polar surface area (TPSA) is 29.1 Å². The van der Waals surface area contributed by atoms with Crippen LogP contribution in [-0.2, 0) is 10.3 Å². The summed E-state index contributed by atoms with van der Waals surface area (Å²) in [4.78, 5) is 11.9. The van der Waals surface area contributed by atoms with E-state index in [9.17, 15) is 4.79 Å². The summed E-state index contributed by atoms with van der Waals surface area (Å²) in [7, 11) is 0. The van der Waals surface area contributed by atoms with Crippen molar-refractivity contribution >= 4 is 17.5 Å². The monoisotopic (exact) mass is 267 g/mol. The van der Waals surface area contributed by atoms with Crippen molar-refractivity contribution in [3.63, 3.8) is 0 Å². The number of carbonyl (C=O) groups is 1. The Hall–Kier alpha value is -1.02. The molecule has 0 bridgehead atoms. The fourth-order valence-electron chi connectivity index (χ4n) is 1.89. The van der Waals surface area contributed by atoms with Crippen LogP contribution in [0.5, 0.6) is 0 Å². The standard InChI is InChI=1S/C15H22ClNO/c1-3-4-6-11-14(18)17-15(2,12-16)13-9-7-5-8-10-13/h5,7-10H,3-4,6,11-12H2,1-2H3,(H,17,18). The number of unbranched alkanes of at least 4 members (excludes halogenated alkanes) is 2. The van der Waals surface area contributed by atoms with Crippen LogP contribution in [0.3, 0.4) is 0 Å². The summed E-state index contributed by atoms with van der Waals surface area (Å²) >= 11 is 6.03. The van der Waals surface area contributed by atoms with Gasteiger partial charge in [-0.1, -0.05) is 50.1 Å². The van der Waals surface area contributed by atoms with Gasteiger partial charge in [-0.15, -0.1) is 11.6 Å². The van der Waals surface area contributed by atoms with Gasteiger partial charge in [0.15, 0.2) is 0 Å². The molecular formula is C15H22ClNO. The third-order valence-electron chi connectivity index (χ3n) is 3.10. The summed E-state index contributed by atoms with van der Waals surface area (Å²) in [5.74, 6) is 0.451. The minimum absolute atomic E-state index is 0.0791. The van der Waals surface area contributed by atoms with E-state index >= 15 is 0 Å². The quantitative estimate of drug-likeness (QED) is 0.590. The Labute approximate surface area is 115 Å². The summed E-state index contributed by atoms with van der Waals surface area (Å²) in [5.41, 5.74) is 0.565. The summed E-state index contributed by atoms with van der Waals surface area (Å²) in [6.45, 7) is 4.10. The van der Waals surface area contributed by atoms with E-state index in [4.69, 9.17) is 11.6 Å². The Morgan fingerprint density at radius 1 is 1.28 bits per heavy atom. The normalized spacial score (nSPS) is 13.9. The summed E-state index contributed by atoms with van der Waals surface area (Å²) in [5, 5.41) is 3.05. The molecule has 0 spiro atoms. The molecule has 0 heterocycles. The predicted octanol–water partition coefficient (Wildman–Crippen LogP) is 3.84. The van der Waals surface area contributed by atoms with E-state index in [1.54, 1.807) is 0 Å². The second-order valence-electron chi connectivity index (χ2n) is 4.84. The molecule has 100 valence electrons. The molecule has 1 aromatic carbocycles. The lowest BCUT2D eigenvalue weighted by Crippen LogP contribution is -2.44. The van der Waals surface area contributed by atoms with E-state index in [0.717, 1.165) is 24.8 Å². The van der Waals surface area contributed by atoms with Crippen LogP contribution in [0.4, 0.5) is 0 Å². The fraction of sp³-hybridized carbons (Fsp3) is 0.533. The SMILES string of the molecule is CCCCCC(=O)NC(C)(CCl)c1ccccc1. The van der Waals surface area contributed by atoms with Crippen molar-refractivity contribution < 1.29 is 4.79 Å². The van der Waals surface area contributed by atoms with Crippen LogP contribution < -0.4 is 5.32 Å². The van der Waals surface area contributed by atoms with Gasteiger partial charge >= 0.3 is 0 Å². The number of rotatable bonds is 7. The number of nitrogens with one attached hydrogen (secondary N) is 1. The molecule has 1 atom stereocenters. The van der Waals surface area contributed by atoms with Crippen molar-refractivity contribution in [3.05, 3.63) is 35.9 Å². The average molecular weight is 268 g/mol. The van der Waals surface area contributed by atoms with E-state index in [0.29, 0.717) is 12.3 Å². The van der Waals surface area contributed by atoms with Crippen LogP contribution in [0.1, 0.15) is 45.1 Å². The van der Waals surface area contributed by atoms with Gasteiger partial charge in [0.2, 0.25) is 5.91 Å². The first-order valence-electron chi connectivity index (χ1n) is 6.55. The average Bonchev–Trinajstić information content (AvgIpc) is 2.40. The molecule has 0 aliphatic heterocycles. The number of carbonyl (C=O) groups excluding carboxylic acids is 1. The zero-order chi connectivity index (χ0) is 13.4. The van der Waals surface area contributed by atoms with E-state index in [1.165, 1.54) is 0 Å². The molecule has 0 saturated carbocycles. The highest BCUT2D eigenvalue weighted by Crippen LogP contribution is 2.22. The minimum Gasteiger partial charge on any atom is -0.346 e. The highest BCUT2D eigenvalue weighted by atomic mass is 35.5. The number of benzene rings is 1. The predicted molar refractivity (Wildman–Crippen MR) is 76.8 cm³/mol. The number of hydrogen-bond acceptors (Lipinski definition) is 1. The molecule has 1 N–H and O–H groups in total. The Morgan fingerprint density at radius 2 is 1.94 bits per heavy atom. The Morgan fingerprint density at radius 3 is 2.50 bits per heavy atom. The molecule has 0 aromatic heterocycles. The van der Waals surface area contributed by atoms with Gasteiger partial charge in [-0.2, -0.15) is 0 Å². The Balaban J connectivity index is 2.63. The fourth-order valence-corrected chi connectivity index (χ4v) is 2.12. The van der Waals surface area contributed by atoms with Crippen molar-refractivity contribution in [3.8, 4) is 0 Å². The number of hydrogen-bond donors (Lipinski definition) is 1. The van der Waals surface area contributed by atoms with Gasteiger partial charge in [-0.25, -0.2) is 0 Å². The largest absolute Gasteiger partial charge is 0.346 e. The van der Waals surface area contributed by atoms with Gasteiger partial charge < -0.3 is 5.32 Å². The maximum absolute atomic E-state index is 11.9. The second kappa shape index (κ2) is 7.42. The van der Waals surface area contributed by atoms with Crippen molar-refractivity contribution in [2.75, 3.05) is 5.88 Å². The first-order chi connectivity index (χ1) is 8.62. The molecule has 0 aliphatic carbocycles. The van der Waals surface area contributed by atoms with Gasteiger partial charge in [-0.05, 0) is 18.9 Å². The van der Waals surface area contributed by atoms with Crippen molar-refractivity contribution in [1.82, 2.24) is 5.32 Å². The maximum atomic E-state index is 11.9. The van der Waals surface area contributed by atoms with E-state index in [2.05, 4.69) is 12.2 Å². The van der Waals surface area contributed by atoms with Gasteiger partial charge in [-0.3, -0.25) is 4.79 Å². The molecule has 1 unspecified atom stereocenters. The third kappa shape index (κ3) is 4.34. The van der Waals surface area contributed by atoms with E-state index < -0.39 is 5.54 Å². The zero-order valence-electron chi connectivity index (χ0n) is 11.2. The van der Waals surface area contributed by atoms with Crippen LogP contribution >= 0.6 is 11.6 Å². The van der Waals surface area contributed by atoms with Crippen LogP contribution in [0.25, 0.3) is 0 Å². The number of amides is 1. The van der Waals surface area contributed by atoms with Crippen LogP contribution in [0, 0.1) is 0 Å². The van der Waals surface area contributed by atoms with Crippen LogP contribution in [0.15, 0.2) is 30.3 Å². The lowest BCUT2D eigenvalue weighted by Gasteiger charge is -2.29. The molecule has 0 saturated heterocycles. The number of alkyl halides is 1. The smallest absolute Gasteiger partial charge is 0.220 e. The van der Waals surface area contributed by atoms with Gasteiger partial charge in [0.25, 0.3) is 0 Å². The first kappa shape index (κ1) is 15.0. The van der Waals surface area contributed by atoms with Crippen LogP contribution in [0.2, 0.25) is 0 Å². The third-order valence-corrected chi connectivity index (χ3v) is 3.64. The maximum Gasteiger partial charge on any atom is 0.220 e. The lowest BCUT2D eigenvalue weighted by atomic mass is 9.94. The molecule has 2 nitrogen and oxygen atoms in total. The molecule has 18 heavy (non-hydrogen) atoms. The second-order valence-corrected chi connectivity index (χ2v) is 5.10. The van der Waals surface area contributed by atoms with Crippen molar-refractivity contribution in [2.24, 2.45) is 0 Å². The van der Waals surface area contributed by atoms with Crippen LogP contribution in [-0.4, -0.2) is 11.8 Å². The molecule has 1 rings (SSSR count). The van der Waals surface area contributed by atoms with Gasteiger partial charge in [0.1, 0.15) is 0 Å². The zero-order valence-corrected chi connectivity index (χ0v) is 12.0. The molecule has 0 aliphatic rings. The number of halogens is 1. The minimum atomic E-state index is -0.480. The molecule has 0 radical (unpaired) electrons. The first-order valence-corrected chi connectivity index (χ1v) is 7.08. The summed E-state index contributed by atoms with van der Waals surface area (Å²) in [6, 6.07) is 9.87. The van der Waals surface area contributed by atoms with Gasteiger partial charge in [0.05, 0.1) is 5.54 Å². The Bertz CT molecular complexity index is 366. The molecule has 3 heteroatoms. The molecule has 1 amide bonds. The van der Waals surface area contributed by atoms with Crippen molar-refractivity contribution in [2.45, 2.75) is 45.1 Å². The highest BCUT2D eigenvalue weighted by molar-refractivity contribution is 6.18. The highest BCUT2D eigenvalue weighted by Gasteiger charge is 2.27. The summed E-state index contributed by atoms with van der Waals surface area (Å²) in [6.07, 6.45) is 3.73. The van der Waals surface area contributed by atoms with Gasteiger partial charge in [0, 0.05) is 12.3 Å². The molecular weight excluding hydrogens is 246 g/mol. The molecule has 0 fully saturated rings. The summed E-state index contributed by atoms with van der Waals surface area (Å²) < 4.78 is 0. The van der Waals surface area contributed by atoms with Crippen molar-refractivity contribution in [1.29, 1.82) is 0 Å². The van der Waals surface area contributed by atoms with E-state index in [1.807, 2.05) is 37.3 Å². The molecule has 1 aromatic rings. The lowest BCUT2D eigenvalue weighted by molar-refractivity contribution is -0.122. The Kier molecular flexibility index (Phi) is 6.20.